The standard InChI is InChI=1S/C18H22N2O3S/c1-3-23-18-11-8-15(13-19-18)17-5-4-12-20(17)24(21,22)16-9-6-14(2)7-10-16/h6-11,13,17H,3-5,12H2,1-2H3. The molecule has 1 atom stereocenters. The fourth-order valence-corrected chi connectivity index (χ4v) is 4.71. The fraction of sp³-hybridized carbons (Fsp3) is 0.389. The summed E-state index contributed by atoms with van der Waals surface area (Å²) in [4.78, 5) is 4.62. The van der Waals surface area contributed by atoms with Crippen molar-refractivity contribution in [3.05, 3.63) is 53.7 Å². The zero-order valence-electron chi connectivity index (χ0n) is 14.0. The molecular weight excluding hydrogens is 324 g/mol. The smallest absolute Gasteiger partial charge is 0.243 e. The summed E-state index contributed by atoms with van der Waals surface area (Å²) < 4.78 is 32.9. The van der Waals surface area contributed by atoms with Crippen LogP contribution in [-0.4, -0.2) is 30.9 Å². The number of ether oxygens (including phenoxy) is 1. The molecule has 0 amide bonds. The number of sulfonamides is 1. The predicted octanol–water partition coefficient (Wildman–Crippen LogP) is 3.31. The number of nitrogens with zero attached hydrogens (tertiary/aromatic N) is 2. The van der Waals surface area contributed by atoms with Crippen molar-refractivity contribution in [1.29, 1.82) is 0 Å². The first kappa shape index (κ1) is 16.9. The quantitative estimate of drug-likeness (QED) is 0.833. The van der Waals surface area contributed by atoms with E-state index in [0.717, 1.165) is 24.0 Å². The SMILES string of the molecule is CCOc1ccc(C2CCCN2S(=O)(=O)c2ccc(C)cc2)cn1. The number of pyridine rings is 1. The molecule has 6 heteroatoms. The average molecular weight is 346 g/mol. The lowest BCUT2D eigenvalue weighted by molar-refractivity contribution is 0.326. The van der Waals surface area contributed by atoms with E-state index in [2.05, 4.69) is 4.98 Å². The molecule has 1 fully saturated rings. The number of aryl methyl sites for hydroxylation is 1. The Balaban J connectivity index is 1.88. The van der Waals surface area contributed by atoms with E-state index in [1.165, 1.54) is 0 Å². The molecule has 2 heterocycles. The minimum Gasteiger partial charge on any atom is -0.478 e. The highest BCUT2D eigenvalue weighted by Crippen LogP contribution is 2.36. The molecular formula is C18H22N2O3S. The minimum absolute atomic E-state index is 0.167. The summed E-state index contributed by atoms with van der Waals surface area (Å²) in [5, 5.41) is 0. The molecule has 0 spiro atoms. The maximum Gasteiger partial charge on any atom is 0.243 e. The lowest BCUT2D eigenvalue weighted by Crippen LogP contribution is -2.30. The highest BCUT2D eigenvalue weighted by atomic mass is 32.2. The maximum atomic E-state index is 13.0. The van der Waals surface area contributed by atoms with Crippen molar-refractivity contribution < 1.29 is 13.2 Å². The number of hydrogen-bond donors (Lipinski definition) is 0. The second-order valence-electron chi connectivity index (χ2n) is 5.95. The molecule has 1 aliphatic heterocycles. The first-order valence-corrected chi connectivity index (χ1v) is 9.63. The van der Waals surface area contributed by atoms with Gasteiger partial charge in [0, 0.05) is 18.8 Å². The average Bonchev–Trinajstić information content (AvgIpc) is 3.07. The van der Waals surface area contributed by atoms with E-state index in [0.29, 0.717) is 23.9 Å². The molecule has 0 saturated carbocycles. The summed E-state index contributed by atoms with van der Waals surface area (Å²) in [6.45, 7) is 4.95. The van der Waals surface area contributed by atoms with E-state index in [-0.39, 0.29) is 6.04 Å². The van der Waals surface area contributed by atoms with Gasteiger partial charge in [-0.3, -0.25) is 0 Å². The summed E-state index contributed by atoms with van der Waals surface area (Å²) in [6, 6.07) is 10.6. The molecule has 0 radical (unpaired) electrons. The van der Waals surface area contributed by atoms with Gasteiger partial charge in [-0.25, -0.2) is 13.4 Å². The Kier molecular flexibility index (Phi) is 4.87. The molecule has 1 unspecified atom stereocenters. The van der Waals surface area contributed by atoms with Crippen molar-refractivity contribution in [3.8, 4) is 5.88 Å². The van der Waals surface area contributed by atoms with Crippen LogP contribution in [0.1, 0.15) is 36.9 Å². The summed E-state index contributed by atoms with van der Waals surface area (Å²) in [6.07, 6.45) is 3.38. The van der Waals surface area contributed by atoms with Gasteiger partial charge in [0.25, 0.3) is 0 Å². The van der Waals surface area contributed by atoms with E-state index in [1.54, 1.807) is 28.7 Å². The Labute approximate surface area is 143 Å². The van der Waals surface area contributed by atoms with Crippen molar-refractivity contribution in [2.24, 2.45) is 0 Å². The van der Waals surface area contributed by atoms with E-state index >= 15 is 0 Å². The van der Waals surface area contributed by atoms with Crippen molar-refractivity contribution in [2.75, 3.05) is 13.2 Å². The molecule has 0 N–H and O–H groups in total. The van der Waals surface area contributed by atoms with Crippen LogP contribution in [0.3, 0.4) is 0 Å². The number of aromatic nitrogens is 1. The number of hydrogen-bond acceptors (Lipinski definition) is 4. The van der Waals surface area contributed by atoms with Gasteiger partial charge in [-0.15, -0.1) is 0 Å². The third-order valence-electron chi connectivity index (χ3n) is 4.27. The predicted molar refractivity (Wildman–Crippen MR) is 92.5 cm³/mol. The molecule has 5 nitrogen and oxygen atoms in total. The molecule has 1 aromatic carbocycles. The molecule has 128 valence electrons. The number of benzene rings is 1. The van der Waals surface area contributed by atoms with E-state index < -0.39 is 10.0 Å². The van der Waals surface area contributed by atoms with Gasteiger partial charge in [-0.2, -0.15) is 4.31 Å². The Morgan fingerprint density at radius 2 is 1.96 bits per heavy atom. The zero-order chi connectivity index (χ0) is 17.2. The molecule has 1 saturated heterocycles. The number of rotatable bonds is 5. The van der Waals surface area contributed by atoms with Crippen molar-refractivity contribution in [1.82, 2.24) is 9.29 Å². The van der Waals surface area contributed by atoms with Gasteiger partial charge in [0.2, 0.25) is 15.9 Å². The third kappa shape index (κ3) is 3.30. The van der Waals surface area contributed by atoms with Crippen LogP contribution in [0.4, 0.5) is 0 Å². The second kappa shape index (κ2) is 6.91. The van der Waals surface area contributed by atoms with E-state index in [1.807, 2.05) is 32.0 Å². The van der Waals surface area contributed by atoms with Crippen LogP contribution < -0.4 is 4.74 Å². The van der Waals surface area contributed by atoms with Gasteiger partial charge >= 0.3 is 0 Å². The Morgan fingerprint density at radius 1 is 1.21 bits per heavy atom. The van der Waals surface area contributed by atoms with Crippen LogP contribution >= 0.6 is 0 Å². The van der Waals surface area contributed by atoms with Gasteiger partial charge in [-0.1, -0.05) is 23.8 Å². The van der Waals surface area contributed by atoms with Crippen LogP contribution in [0.25, 0.3) is 0 Å². The summed E-state index contributed by atoms with van der Waals surface area (Å²) in [5.74, 6) is 0.562. The normalized spacial score (nSPS) is 18.7. The second-order valence-corrected chi connectivity index (χ2v) is 7.84. The van der Waals surface area contributed by atoms with Crippen molar-refractivity contribution >= 4 is 10.0 Å². The zero-order valence-corrected chi connectivity index (χ0v) is 14.8. The van der Waals surface area contributed by atoms with Crippen LogP contribution in [0.5, 0.6) is 5.88 Å². The van der Waals surface area contributed by atoms with Gasteiger partial charge in [-0.05, 0) is 44.4 Å². The van der Waals surface area contributed by atoms with Crippen LogP contribution in [0, 0.1) is 6.92 Å². The largest absolute Gasteiger partial charge is 0.478 e. The first-order chi connectivity index (χ1) is 11.5. The van der Waals surface area contributed by atoms with Crippen molar-refractivity contribution in [3.63, 3.8) is 0 Å². The highest BCUT2D eigenvalue weighted by Gasteiger charge is 2.36. The Hall–Kier alpha value is -1.92. The lowest BCUT2D eigenvalue weighted by atomic mass is 10.1. The molecule has 0 bridgehead atoms. The summed E-state index contributed by atoms with van der Waals surface area (Å²) >= 11 is 0. The van der Waals surface area contributed by atoms with Gasteiger partial charge in [0.05, 0.1) is 17.5 Å². The fourth-order valence-electron chi connectivity index (χ4n) is 3.03. The molecule has 0 aliphatic carbocycles. The highest BCUT2D eigenvalue weighted by molar-refractivity contribution is 7.89. The lowest BCUT2D eigenvalue weighted by Gasteiger charge is -2.24. The Bertz CT molecular complexity index is 786. The molecule has 2 aromatic rings. The maximum absolute atomic E-state index is 13.0. The van der Waals surface area contributed by atoms with Gasteiger partial charge in [0.1, 0.15) is 0 Å². The summed E-state index contributed by atoms with van der Waals surface area (Å²) in [7, 11) is -3.50. The van der Waals surface area contributed by atoms with E-state index in [9.17, 15) is 8.42 Å². The molecule has 24 heavy (non-hydrogen) atoms. The summed E-state index contributed by atoms with van der Waals surface area (Å²) in [5.41, 5.74) is 1.95. The third-order valence-corrected chi connectivity index (χ3v) is 6.19. The monoisotopic (exact) mass is 346 g/mol. The van der Waals surface area contributed by atoms with Crippen LogP contribution in [-0.2, 0) is 10.0 Å². The minimum atomic E-state index is -3.50. The van der Waals surface area contributed by atoms with Crippen molar-refractivity contribution in [2.45, 2.75) is 37.6 Å². The first-order valence-electron chi connectivity index (χ1n) is 8.19. The topological polar surface area (TPSA) is 59.5 Å². The molecule has 1 aliphatic rings. The van der Waals surface area contributed by atoms with Crippen LogP contribution in [0.2, 0.25) is 0 Å². The Morgan fingerprint density at radius 3 is 2.58 bits per heavy atom. The van der Waals surface area contributed by atoms with Gasteiger partial charge < -0.3 is 4.74 Å². The molecule has 3 rings (SSSR count). The van der Waals surface area contributed by atoms with Crippen LogP contribution in [0.15, 0.2) is 47.5 Å². The van der Waals surface area contributed by atoms with E-state index in [4.69, 9.17) is 4.74 Å². The molecule has 1 aromatic heterocycles. The van der Waals surface area contributed by atoms with Gasteiger partial charge in [0.15, 0.2) is 0 Å².